The SMILES string of the molecule is CC1O[C@H](CO)[C@H](O)C1=O. The Labute approximate surface area is 58.4 Å². The molecule has 0 bridgehead atoms. The van der Waals surface area contributed by atoms with E-state index in [9.17, 15) is 4.79 Å². The van der Waals surface area contributed by atoms with Crippen molar-refractivity contribution in [1.82, 2.24) is 0 Å². The molecule has 0 aromatic heterocycles. The first-order valence-electron chi connectivity index (χ1n) is 3.15. The predicted octanol–water partition coefficient (Wildman–Crippen LogP) is -1.30. The van der Waals surface area contributed by atoms with Crippen molar-refractivity contribution in [2.24, 2.45) is 0 Å². The molecular weight excluding hydrogens is 136 g/mol. The van der Waals surface area contributed by atoms with Crippen molar-refractivity contribution in [3.8, 4) is 0 Å². The van der Waals surface area contributed by atoms with Crippen molar-refractivity contribution >= 4 is 5.78 Å². The highest BCUT2D eigenvalue weighted by atomic mass is 16.5. The van der Waals surface area contributed by atoms with Crippen molar-refractivity contribution in [2.45, 2.75) is 25.2 Å². The number of ether oxygens (including phenoxy) is 1. The van der Waals surface area contributed by atoms with Crippen molar-refractivity contribution < 1.29 is 19.7 Å². The van der Waals surface area contributed by atoms with Gasteiger partial charge in [0, 0.05) is 0 Å². The Morgan fingerprint density at radius 1 is 1.70 bits per heavy atom. The fourth-order valence-electron chi connectivity index (χ4n) is 0.970. The molecule has 4 nitrogen and oxygen atoms in total. The van der Waals surface area contributed by atoms with Crippen LogP contribution in [0.4, 0.5) is 0 Å². The maximum absolute atomic E-state index is 10.8. The first kappa shape index (κ1) is 7.65. The maximum Gasteiger partial charge on any atom is 0.192 e. The van der Waals surface area contributed by atoms with Crippen molar-refractivity contribution in [3.05, 3.63) is 0 Å². The third-order valence-corrected chi connectivity index (χ3v) is 1.60. The second kappa shape index (κ2) is 2.65. The van der Waals surface area contributed by atoms with Gasteiger partial charge in [0.1, 0.15) is 18.3 Å². The van der Waals surface area contributed by atoms with Crippen molar-refractivity contribution in [3.63, 3.8) is 0 Å². The molecule has 0 aliphatic carbocycles. The van der Waals surface area contributed by atoms with E-state index in [0.717, 1.165) is 0 Å². The number of hydrogen-bond acceptors (Lipinski definition) is 4. The van der Waals surface area contributed by atoms with Crippen LogP contribution in [-0.4, -0.2) is 40.9 Å². The molecule has 1 aliphatic heterocycles. The summed E-state index contributed by atoms with van der Waals surface area (Å²) in [6.07, 6.45) is -2.44. The zero-order valence-electron chi connectivity index (χ0n) is 5.65. The average molecular weight is 146 g/mol. The van der Waals surface area contributed by atoms with E-state index in [1.54, 1.807) is 6.92 Å². The van der Waals surface area contributed by atoms with E-state index < -0.39 is 18.3 Å². The molecule has 3 atom stereocenters. The number of aliphatic hydroxyl groups excluding tert-OH is 2. The minimum absolute atomic E-state index is 0.308. The van der Waals surface area contributed by atoms with Crippen LogP contribution in [0.25, 0.3) is 0 Å². The maximum atomic E-state index is 10.8. The molecule has 0 spiro atoms. The number of aliphatic hydroxyl groups is 2. The summed E-state index contributed by atoms with van der Waals surface area (Å²) in [6.45, 7) is 1.25. The molecule has 4 heteroatoms. The van der Waals surface area contributed by atoms with Crippen LogP contribution in [0.1, 0.15) is 6.92 Å². The van der Waals surface area contributed by atoms with Crippen molar-refractivity contribution in [1.29, 1.82) is 0 Å². The van der Waals surface area contributed by atoms with Gasteiger partial charge >= 0.3 is 0 Å². The third-order valence-electron chi connectivity index (χ3n) is 1.60. The van der Waals surface area contributed by atoms with Gasteiger partial charge in [0.2, 0.25) is 0 Å². The molecule has 2 N–H and O–H groups in total. The summed E-state index contributed by atoms with van der Waals surface area (Å²) in [5.74, 6) is -0.348. The smallest absolute Gasteiger partial charge is 0.192 e. The molecule has 0 aromatic carbocycles. The Morgan fingerprint density at radius 3 is 2.50 bits per heavy atom. The number of hydrogen-bond donors (Lipinski definition) is 2. The van der Waals surface area contributed by atoms with Gasteiger partial charge in [-0.25, -0.2) is 0 Å². The average Bonchev–Trinajstić information content (AvgIpc) is 2.17. The Balaban J connectivity index is 2.61. The monoisotopic (exact) mass is 146 g/mol. The van der Waals surface area contributed by atoms with E-state index >= 15 is 0 Å². The molecule has 1 aliphatic rings. The largest absolute Gasteiger partial charge is 0.394 e. The Bertz CT molecular complexity index is 145. The fraction of sp³-hybridized carbons (Fsp3) is 0.833. The van der Waals surface area contributed by atoms with E-state index in [1.165, 1.54) is 0 Å². The third kappa shape index (κ3) is 1.05. The second-order valence-corrected chi connectivity index (χ2v) is 2.35. The van der Waals surface area contributed by atoms with Crippen LogP contribution in [0, 0.1) is 0 Å². The van der Waals surface area contributed by atoms with Gasteiger partial charge in [-0.2, -0.15) is 0 Å². The van der Waals surface area contributed by atoms with Crippen LogP contribution >= 0.6 is 0 Å². The first-order chi connectivity index (χ1) is 4.66. The lowest BCUT2D eigenvalue weighted by Gasteiger charge is -2.07. The summed E-state index contributed by atoms with van der Waals surface area (Å²) in [7, 11) is 0. The summed E-state index contributed by atoms with van der Waals surface area (Å²) in [6, 6.07) is 0. The van der Waals surface area contributed by atoms with E-state index in [1.807, 2.05) is 0 Å². The summed E-state index contributed by atoms with van der Waals surface area (Å²) >= 11 is 0. The number of carbonyl (C=O) groups excluding carboxylic acids is 1. The van der Waals surface area contributed by atoms with Crippen LogP contribution in [0.15, 0.2) is 0 Å². The van der Waals surface area contributed by atoms with Gasteiger partial charge in [0.25, 0.3) is 0 Å². The lowest BCUT2D eigenvalue weighted by molar-refractivity contribution is -0.126. The number of rotatable bonds is 1. The van der Waals surface area contributed by atoms with Gasteiger partial charge in [-0.05, 0) is 6.92 Å². The van der Waals surface area contributed by atoms with Crippen LogP contribution in [0.5, 0.6) is 0 Å². The molecule has 1 saturated heterocycles. The molecule has 1 heterocycles. The van der Waals surface area contributed by atoms with Gasteiger partial charge in [0.05, 0.1) is 6.61 Å². The predicted molar refractivity (Wildman–Crippen MR) is 32.4 cm³/mol. The summed E-state index contributed by atoms with van der Waals surface area (Å²) in [5.41, 5.74) is 0. The molecule has 0 saturated carbocycles. The minimum atomic E-state index is -1.14. The molecule has 1 fully saturated rings. The molecule has 58 valence electrons. The van der Waals surface area contributed by atoms with Crippen LogP contribution in [0.2, 0.25) is 0 Å². The van der Waals surface area contributed by atoms with E-state index in [-0.39, 0.29) is 12.4 Å². The Morgan fingerprint density at radius 2 is 2.30 bits per heavy atom. The van der Waals surface area contributed by atoms with Gasteiger partial charge in [-0.3, -0.25) is 4.79 Å². The number of carbonyl (C=O) groups is 1. The second-order valence-electron chi connectivity index (χ2n) is 2.35. The summed E-state index contributed by atoms with van der Waals surface area (Å²) < 4.78 is 4.89. The lowest BCUT2D eigenvalue weighted by atomic mass is 10.1. The van der Waals surface area contributed by atoms with Gasteiger partial charge < -0.3 is 14.9 Å². The molecule has 0 aromatic rings. The summed E-state index contributed by atoms with van der Waals surface area (Å²) in [4.78, 5) is 10.8. The van der Waals surface area contributed by atoms with Gasteiger partial charge in [-0.1, -0.05) is 0 Å². The standard InChI is InChI=1S/C6H10O4/c1-3-5(8)6(9)4(2-7)10-3/h3-4,6-7,9H,2H2,1H3/t3?,4-,6+/m1/s1. The van der Waals surface area contributed by atoms with E-state index in [2.05, 4.69) is 0 Å². The molecule has 1 unspecified atom stereocenters. The highest BCUT2D eigenvalue weighted by Crippen LogP contribution is 2.15. The Kier molecular flexibility index (Phi) is 2.03. The quantitative estimate of drug-likeness (QED) is 0.482. The number of ketones is 1. The fourth-order valence-corrected chi connectivity index (χ4v) is 0.970. The zero-order valence-corrected chi connectivity index (χ0v) is 5.65. The number of Topliss-reactive ketones (excluding diaryl/α,β-unsaturated/α-hetero) is 1. The first-order valence-corrected chi connectivity index (χ1v) is 3.15. The molecule has 10 heavy (non-hydrogen) atoms. The van der Waals surface area contributed by atoms with Crippen LogP contribution < -0.4 is 0 Å². The van der Waals surface area contributed by atoms with Gasteiger partial charge in [-0.15, -0.1) is 0 Å². The minimum Gasteiger partial charge on any atom is -0.394 e. The topological polar surface area (TPSA) is 66.8 Å². The lowest BCUT2D eigenvalue weighted by Crippen LogP contribution is -2.29. The molecule has 0 amide bonds. The molecule has 1 rings (SSSR count). The highest BCUT2D eigenvalue weighted by molar-refractivity contribution is 5.89. The molecule has 0 radical (unpaired) electrons. The van der Waals surface area contributed by atoms with Crippen LogP contribution in [-0.2, 0) is 9.53 Å². The summed E-state index contributed by atoms with van der Waals surface area (Å²) in [5, 5.41) is 17.5. The normalized spacial score (nSPS) is 40.7. The van der Waals surface area contributed by atoms with Crippen LogP contribution in [0.3, 0.4) is 0 Å². The van der Waals surface area contributed by atoms with E-state index in [0.29, 0.717) is 0 Å². The van der Waals surface area contributed by atoms with Crippen molar-refractivity contribution in [2.75, 3.05) is 6.61 Å². The molecular formula is C6H10O4. The van der Waals surface area contributed by atoms with E-state index in [4.69, 9.17) is 14.9 Å². The highest BCUT2D eigenvalue weighted by Gasteiger charge is 2.38. The Hall–Kier alpha value is -0.450. The van der Waals surface area contributed by atoms with Gasteiger partial charge in [0.15, 0.2) is 5.78 Å². The zero-order chi connectivity index (χ0) is 7.72.